The van der Waals surface area contributed by atoms with Crippen LogP contribution in [0.2, 0.25) is 0 Å². The summed E-state index contributed by atoms with van der Waals surface area (Å²) in [5.41, 5.74) is 1.68. The Labute approximate surface area is 123 Å². The predicted molar refractivity (Wildman–Crippen MR) is 79.8 cm³/mol. The fourth-order valence-corrected chi connectivity index (χ4v) is 2.17. The molecule has 0 saturated carbocycles. The van der Waals surface area contributed by atoms with Crippen molar-refractivity contribution in [2.45, 2.75) is 25.9 Å². The van der Waals surface area contributed by atoms with E-state index < -0.39 is 5.97 Å². The van der Waals surface area contributed by atoms with Crippen LogP contribution in [0.5, 0.6) is 0 Å². The molecule has 0 aromatic heterocycles. The SMILES string of the molecule is CC(Cc1ccccc1)NCc1cc(C(=O)O)ccc1F. The second-order valence-corrected chi connectivity index (χ2v) is 5.08. The lowest BCUT2D eigenvalue weighted by molar-refractivity contribution is 0.0696. The molecule has 110 valence electrons. The maximum Gasteiger partial charge on any atom is 0.335 e. The Balaban J connectivity index is 1.96. The molecule has 21 heavy (non-hydrogen) atoms. The zero-order valence-corrected chi connectivity index (χ0v) is 11.8. The Bertz CT molecular complexity index is 613. The van der Waals surface area contributed by atoms with Gasteiger partial charge in [0, 0.05) is 18.2 Å². The summed E-state index contributed by atoms with van der Waals surface area (Å²) < 4.78 is 13.7. The van der Waals surface area contributed by atoms with Crippen LogP contribution in [0.15, 0.2) is 48.5 Å². The van der Waals surface area contributed by atoms with Crippen LogP contribution < -0.4 is 5.32 Å². The van der Waals surface area contributed by atoms with Crippen LogP contribution >= 0.6 is 0 Å². The summed E-state index contributed by atoms with van der Waals surface area (Å²) in [5.74, 6) is -1.44. The standard InChI is InChI=1S/C17H18FNO2/c1-12(9-13-5-3-2-4-6-13)19-11-15-10-14(17(20)21)7-8-16(15)18/h2-8,10,12,19H,9,11H2,1H3,(H,20,21). The van der Waals surface area contributed by atoms with Gasteiger partial charge in [-0.05, 0) is 37.1 Å². The van der Waals surface area contributed by atoms with Gasteiger partial charge in [0.1, 0.15) is 5.82 Å². The molecule has 2 N–H and O–H groups in total. The predicted octanol–water partition coefficient (Wildman–Crippen LogP) is 3.24. The van der Waals surface area contributed by atoms with E-state index in [1.54, 1.807) is 0 Å². The molecule has 1 unspecified atom stereocenters. The van der Waals surface area contributed by atoms with E-state index in [-0.39, 0.29) is 17.4 Å². The monoisotopic (exact) mass is 287 g/mol. The summed E-state index contributed by atoms with van der Waals surface area (Å²) >= 11 is 0. The van der Waals surface area contributed by atoms with Crippen molar-refractivity contribution in [3.63, 3.8) is 0 Å². The van der Waals surface area contributed by atoms with Gasteiger partial charge in [-0.15, -0.1) is 0 Å². The number of carboxylic acid groups (broad SMARTS) is 1. The molecule has 0 aliphatic rings. The molecule has 3 nitrogen and oxygen atoms in total. The van der Waals surface area contributed by atoms with E-state index >= 15 is 0 Å². The molecule has 2 aromatic rings. The third-order valence-electron chi connectivity index (χ3n) is 3.32. The van der Waals surface area contributed by atoms with E-state index in [0.29, 0.717) is 12.1 Å². The molecule has 4 heteroatoms. The molecule has 0 amide bonds. The fraction of sp³-hybridized carbons (Fsp3) is 0.235. The lowest BCUT2D eigenvalue weighted by atomic mass is 10.1. The molecule has 0 heterocycles. The molecule has 2 aromatic carbocycles. The lowest BCUT2D eigenvalue weighted by Gasteiger charge is -2.14. The summed E-state index contributed by atoms with van der Waals surface area (Å²) in [4.78, 5) is 10.9. The van der Waals surface area contributed by atoms with Gasteiger partial charge in [0.25, 0.3) is 0 Å². The highest BCUT2D eigenvalue weighted by molar-refractivity contribution is 5.87. The van der Waals surface area contributed by atoms with Crippen molar-refractivity contribution >= 4 is 5.97 Å². The van der Waals surface area contributed by atoms with Crippen LogP contribution in [-0.4, -0.2) is 17.1 Å². The van der Waals surface area contributed by atoms with E-state index in [0.717, 1.165) is 6.42 Å². The topological polar surface area (TPSA) is 49.3 Å². The summed E-state index contributed by atoms with van der Waals surface area (Å²) in [6.07, 6.45) is 0.834. The normalized spacial score (nSPS) is 12.1. The van der Waals surface area contributed by atoms with Crippen molar-refractivity contribution in [3.8, 4) is 0 Å². The molecule has 0 fully saturated rings. The first-order chi connectivity index (χ1) is 10.1. The minimum Gasteiger partial charge on any atom is -0.478 e. The molecular weight excluding hydrogens is 269 g/mol. The molecule has 0 saturated heterocycles. The lowest BCUT2D eigenvalue weighted by Crippen LogP contribution is -2.28. The Hall–Kier alpha value is -2.20. The van der Waals surface area contributed by atoms with Crippen molar-refractivity contribution < 1.29 is 14.3 Å². The number of benzene rings is 2. The van der Waals surface area contributed by atoms with Crippen LogP contribution in [0.4, 0.5) is 4.39 Å². The molecule has 0 radical (unpaired) electrons. The average Bonchev–Trinajstić information content (AvgIpc) is 2.47. The smallest absolute Gasteiger partial charge is 0.335 e. The maximum atomic E-state index is 13.7. The van der Waals surface area contributed by atoms with Crippen LogP contribution in [-0.2, 0) is 13.0 Å². The number of hydrogen-bond acceptors (Lipinski definition) is 2. The first kappa shape index (κ1) is 15.2. The Morgan fingerprint density at radius 1 is 1.24 bits per heavy atom. The van der Waals surface area contributed by atoms with Gasteiger partial charge in [-0.3, -0.25) is 0 Å². The molecule has 0 spiro atoms. The number of hydrogen-bond donors (Lipinski definition) is 2. The zero-order chi connectivity index (χ0) is 15.2. The largest absolute Gasteiger partial charge is 0.478 e. The average molecular weight is 287 g/mol. The number of aromatic carboxylic acids is 1. The molecule has 0 aliphatic heterocycles. The maximum absolute atomic E-state index is 13.7. The third-order valence-corrected chi connectivity index (χ3v) is 3.32. The summed E-state index contributed by atoms with van der Waals surface area (Å²) in [6, 6.07) is 14.0. The van der Waals surface area contributed by atoms with E-state index in [2.05, 4.69) is 5.32 Å². The number of carbonyl (C=O) groups is 1. The van der Waals surface area contributed by atoms with Crippen LogP contribution in [0, 0.1) is 5.82 Å². The van der Waals surface area contributed by atoms with Crippen LogP contribution in [0.1, 0.15) is 28.4 Å². The van der Waals surface area contributed by atoms with Gasteiger partial charge in [-0.25, -0.2) is 9.18 Å². The highest BCUT2D eigenvalue weighted by atomic mass is 19.1. The first-order valence-electron chi connectivity index (χ1n) is 6.85. The minimum absolute atomic E-state index is 0.101. The fourth-order valence-electron chi connectivity index (χ4n) is 2.17. The second kappa shape index (κ2) is 6.99. The molecular formula is C17H18FNO2. The van der Waals surface area contributed by atoms with E-state index in [9.17, 15) is 9.18 Å². The molecule has 1 atom stereocenters. The van der Waals surface area contributed by atoms with Gasteiger partial charge >= 0.3 is 5.97 Å². The van der Waals surface area contributed by atoms with Crippen molar-refractivity contribution in [2.75, 3.05) is 0 Å². The first-order valence-corrected chi connectivity index (χ1v) is 6.85. The highest BCUT2D eigenvalue weighted by Crippen LogP contribution is 2.11. The van der Waals surface area contributed by atoms with Gasteiger partial charge < -0.3 is 10.4 Å². The van der Waals surface area contributed by atoms with Crippen molar-refractivity contribution in [1.29, 1.82) is 0 Å². The van der Waals surface area contributed by atoms with Crippen LogP contribution in [0.25, 0.3) is 0 Å². The second-order valence-electron chi connectivity index (χ2n) is 5.08. The minimum atomic E-state index is -1.05. The van der Waals surface area contributed by atoms with Gasteiger partial charge in [0.15, 0.2) is 0 Å². The van der Waals surface area contributed by atoms with E-state index in [1.165, 1.54) is 23.8 Å². The van der Waals surface area contributed by atoms with E-state index in [4.69, 9.17) is 5.11 Å². The van der Waals surface area contributed by atoms with Gasteiger partial charge in [0.2, 0.25) is 0 Å². The highest BCUT2D eigenvalue weighted by Gasteiger charge is 2.10. The van der Waals surface area contributed by atoms with Crippen molar-refractivity contribution in [2.24, 2.45) is 0 Å². The zero-order valence-electron chi connectivity index (χ0n) is 11.8. The van der Waals surface area contributed by atoms with Crippen molar-refractivity contribution in [3.05, 3.63) is 71.0 Å². The third kappa shape index (κ3) is 4.39. The van der Waals surface area contributed by atoms with Gasteiger partial charge in [-0.2, -0.15) is 0 Å². The summed E-state index contributed by atoms with van der Waals surface area (Å²) in [7, 11) is 0. The number of halogens is 1. The Morgan fingerprint density at radius 2 is 1.95 bits per heavy atom. The number of rotatable bonds is 6. The van der Waals surface area contributed by atoms with E-state index in [1.807, 2.05) is 37.3 Å². The van der Waals surface area contributed by atoms with Crippen LogP contribution in [0.3, 0.4) is 0 Å². The molecule has 0 bridgehead atoms. The van der Waals surface area contributed by atoms with Gasteiger partial charge in [0.05, 0.1) is 5.56 Å². The number of carboxylic acids is 1. The molecule has 0 aliphatic carbocycles. The quantitative estimate of drug-likeness (QED) is 0.857. The van der Waals surface area contributed by atoms with Gasteiger partial charge in [-0.1, -0.05) is 30.3 Å². The Kier molecular flexibility index (Phi) is 5.06. The number of nitrogens with one attached hydrogen (secondary N) is 1. The Morgan fingerprint density at radius 3 is 2.62 bits per heavy atom. The summed E-state index contributed by atoms with van der Waals surface area (Å²) in [5, 5.41) is 12.2. The molecule has 2 rings (SSSR count). The van der Waals surface area contributed by atoms with Crippen molar-refractivity contribution in [1.82, 2.24) is 5.32 Å². The summed E-state index contributed by atoms with van der Waals surface area (Å²) in [6.45, 7) is 2.33.